The Hall–Kier alpha value is -0.900. The maximum atomic E-state index is 5.41. The lowest BCUT2D eigenvalue weighted by molar-refractivity contribution is 0.179. The van der Waals surface area contributed by atoms with Crippen LogP contribution in [0, 0.1) is 0 Å². The minimum absolute atomic E-state index is 0.651. The highest BCUT2D eigenvalue weighted by atomic mass is 32.1. The van der Waals surface area contributed by atoms with Gasteiger partial charge in [-0.3, -0.25) is 0 Å². The zero-order valence-electron chi connectivity index (χ0n) is 6.22. The molecule has 0 saturated heterocycles. The van der Waals surface area contributed by atoms with Crippen LogP contribution in [0.25, 0.3) is 0 Å². The second-order valence-corrected chi connectivity index (χ2v) is 3.06. The van der Waals surface area contributed by atoms with E-state index in [1.54, 1.807) is 11.3 Å². The van der Waals surface area contributed by atoms with Crippen LogP contribution in [0.3, 0.4) is 0 Å². The molecule has 0 spiro atoms. The van der Waals surface area contributed by atoms with Gasteiger partial charge in [0.25, 0.3) is 0 Å². The summed E-state index contributed by atoms with van der Waals surface area (Å²) < 4.78 is 10.8. The molecule has 1 N–H and O–H groups in total. The lowest BCUT2D eigenvalue weighted by Crippen LogP contribution is -2.14. The third-order valence-electron chi connectivity index (χ3n) is 1.55. The summed E-state index contributed by atoms with van der Waals surface area (Å²) in [4.78, 5) is 0. The van der Waals surface area contributed by atoms with Crippen LogP contribution in [0.15, 0.2) is 5.38 Å². The van der Waals surface area contributed by atoms with Gasteiger partial charge in [0.15, 0.2) is 5.75 Å². The predicted octanol–water partition coefficient (Wildman–Crippen LogP) is 1.56. The molecule has 3 nitrogen and oxygen atoms in total. The van der Waals surface area contributed by atoms with Crippen molar-refractivity contribution in [3.05, 3.63) is 5.38 Å². The Balaban J connectivity index is 2.38. The molecule has 2 rings (SSSR count). The minimum atomic E-state index is 0.651. The Morgan fingerprint density at radius 1 is 1.45 bits per heavy atom. The maximum absolute atomic E-state index is 5.41. The van der Waals surface area contributed by atoms with Crippen LogP contribution in [-0.2, 0) is 0 Å². The van der Waals surface area contributed by atoms with Crippen molar-refractivity contribution in [3.63, 3.8) is 0 Å². The lowest BCUT2D eigenvalue weighted by atomic mass is 10.4. The average molecular weight is 171 g/mol. The predicted molar refractivity (Wildman–Crippen MR) is 44.9 cm³/mol. The molecule has 0 unspecified atom stereocenters. The summed E-state index contributed by atoms with van der Waals surface area (Å²) in [5, 5.41) is 5.93. The maximum Gasteiger partial charge on any atom is 0.219 e. The third-order valence-corrected chi connectivity index (χ3v) is 2.42. The Morgan fingerprint density at radius 2 is 2.27 bits per heavy atom. The van der Waals surface area contributed by atoms with Gasteiger partial charge in [0.05, 0.1) is 5.69 Å². The molecule has 1 aromatic heterocycles. The molecule has 0 amide bonds. The summed E-state index contributed by atoms with van der Waals surface area (Å²) in [6.45, 7) is 1.31. The van der Waals surface area contributed by atoms with E-state index < -0.39 is 0 Å². The van der Waals surface area contributed by atoms with Crippen molar-refractivity contribution in [2.75, 3.05) is 25.6 Å². The number of hydrogen-bond acceptors (Lipinski definition) is 4. The van der Waals surface area contributed by atoms with E-state index in [1.807, 2.05) is 12.4 Å². The number of ether oxygens (including phenoxy) is 2. The molecule has 0 aliphatic carbocycles. The van der Waals surface area contributed by atoms with Gasteiger partial charge in [0.2, 0.25) is 5.06 Å². The van der Waals surface area contributed by atoms with Gasteiger partial charge < -0.3 is 14.8 Å². The topological polar surface area (TPSA) is 30.5 Å². The fourth-order valence-electron chi connectivity index (χ4n) is 1.02. The van der Waals surface area contributed by atoms with Crippen molar-refractivity contribution >= 4 is 17.0 Å². The molecule has 1 aromatic rings. The van der Waals surface area contributed by atoms with Crippen molar-refractivity contribution in [3.8, 4) is 10.8 Å². The van der Waals surface area contributed by atoms with E-state index in [4.69, 9.17) is 9.47 Å². The van der Waals surface area contributed by atoms with Gasteiger partial charge in [-0.15, -0.1) is 11.3 Å². The number of nitrogens with one attached hydrogen (secondary N) is 1. The molecule has 1 aliphatic heterocycles. The third kappa shape index (κ3) is 1.03. The molecule has 1 aliphatic rings. The molecule has 4 heteroatoms. The number of anilines is 1. The van der Waals surface area contributed by atoms with Crippen LogP contribution in [0.5, 0.6) is 10.8 Å². The average Bonchev–Trinajstić information content (AvgIpc) is 2.47. The second-order valence-electron chi connectivity index (χ2n) is 2.21. The number of fused-ring (bicyclic) bond motifs is 1. The molecule has 0 aromatic carbocycles. The molecule has 2 heterocycles. The molecule has 0 saturated carbocycles. The first-order valence-electron chi connectivity index (χ1n) is 3.46. The molecule has 0 atom stereocenters. The van der Waals surface area contributed by atoms with Crippen molar-refractivity contribution in [1.29, 1.82) is 0 Å². The van der Waals surface area contributed by atoms with Gasteiger partial charge in [-0.1, -0.05) is 0 Å². The zero-order valence-corrected chi connectivity index (χ0v) is 7.03. The fraction of sp³-hybridized carbons (Fsp3) is 0.429. The van der Waals surface area contributed by atoms with Crippen molar-refractivity contribution in [1.82, 2.24) is 0 Å². The highest BCUT2D eigenvalue weighted by Crippen LogP contribution is 2.43. The normalized spacial score (nSPS) is 14.6. The summed E-state index contributed by atoms with van der Waals surface area (Å²) in [6, 6.07) is 0. The van der Waals surface area contributed by atoms with Gasteiger partial charge in [-0.05, 0) is 0 Å². The van der Waals surface area contributed by atoms with Crippen molar-refractivity contribution in [2.24, 2.45) is 0 Å². The fourth-order valence-corrected chi connectivity index (χ4v) is 1.89. The monoisotopic (exact) mass is 171 g/mol. The Labute approximate surface area is 68.9 Å². The number of rotatable bonds is 1. The molecule has 60 valence electrons. The van der Waals surface area contributed by atoms with E-state index in [2.05, 4.69) is 5.32 Å². The van der Waals surface area contributed by atoms with Gasteiger partial charge >= 0.3 is 0 Å². The minimum Gasteiger partial charge on any atom is -0.483 e. The van der Waals surface area contributed by atoms with Crippen LogP contribution in [-0.4, -0.2) is 20.3 Å². The first kappa shape index (κ1) is 6.79. The van der Waals surface area contributed by atoms with Crippen LogP contribution in [0.1, 0.15) is 0 Å². The highest BCUT2D eigenvalue weighted by Gasteiger charge is 2.17. The summed E-state index contributed by atoms with van der Waals surface area (Å²) in [6.07, 6.45) is 0. The first-order valence-corrected chi connectivity index (χ1v) is 4.34. The van der Waals surface area contributed by atoms with Gasteiger partial charge in [0.1, 0.15) is 13.2 Å². The van der Waals surface area contributed by atoms with E-state index >= 15 is 0 Å². The molecule has 11 heavy (non-hydrogen) atoms. The van der Waals surface area contributed by atoms with Crippen LogP contribution in [0.4, 0.5) is 5.69 Å². The van der Waals surface area contributed by atoms with Gasteiger partial charge in [0, 0.05) is 12.4 Å². The second kappa shape index (κ2) is 2.62. The lowest BCUT2D eigenvalue weighted by Gasteiger charge is -2.15. The van der Waals surface area contributed by atoms with E-state index in [9.17, 15) is 0 Å². The standard InChI is InChI=1S/C7H9NO2S/c1-8-5-4-11-7-6(5)9-2-3-10-7/h4,8H,2-3H2,1H3. The summed E-state index contributed by atoms with van der Waals surface area (Å²) >= 11 is 1.57. The molecular weight excluding hydrogens is 162 g/mol. The highest BCUT2D eigenvalue weighted by molar-refractivity contribution is 7.12. The summed E-state index contributed by atoms with van der Waals surface area (Å²) in [7, 11) is 1.88. The van der Waals surface area contributed by atoms with E-state index in [0.717, 1.165) is 16.5 Å². The van der Waals surface area contributed by atoms with Crippen molar-refractivity contribution < 1.29 is 9.47 Å². The van der Waals surface area contributed by atoms with Crippen LogP contribution in [0.2, 0.25) is 0 Å². The quantitative estimate of drug-likeness (QED) is 0.695. The van der Waals surface area contributed by atoms with Crippen LogP contribution >= 0.6 is 11.3 Å². The number of hydrogen-bond donors (Lipinski definition) is 1. The smallest absolute Gasteiger partial charge is 0.219 e. The van der Waals surface area contributed by atoms with E-state index in [1.165, 1.54) is 0 Å². The Morgan fingerprint density at radius 3 is 3.09 bits per heavy atom. The largest absolute Gasteiger partial charge is 0.483 e. The summed E-state index contributed by atoms with van der Waals surface area (Å²) in [5.74, 6) is 0.865. The molecular formula is C7H9NO2S. The first-order chi connectivity index (χ1) is 5.42. The van der Waals surface area contributed by atoms with Gasteiger partial charge in [-0.25, -0.2) is 0 Å². The Bertz CT molecular complexity index is 245. The molecule has 0 bridgehead atoms. The van der Waals surface area contributed by atoms with Crippen LogP contribution < -0.4 is 14.8 Å². The Kier molecular flexibility index (Phi) is 1.62. The molecule has 0 radical (unpaired) electrons. The SMILES string of the molecule is CNc1csc2c1OCCO2. The number of thiophene rings is 1. The van der Waals surface area contributed by atoms with E-state index in [-0.39, 0.29) is 0 Å². The van der Waals surface area contributed by atoms with Gasteiger partial charge in [-0.2, -0.15) is 0 Å². The van der Waals surface area contributed by atoms with Crippen molar-refractivity contribution in [2.45, 2.75) is 0 Å². The summed E-state index contributed by atoms with van der Waals surface area (Å²) in [5.41, 5.74) is 1.02. The zero-order chi connectivity index (χ0) is 7.68. The van der Waals surface area contributed by atoms with E-state index in [0.29, 0.717) is 13.2 Å². The molecule has 0 fully saturated rings.